The first-order chi connectivity index (χ1) is 9.24. The third-order valence-corrected chi connectivity index (χ3v) is 4.49. The second-order valence-corrected chi connectivity index (χ2v) is 5.71. The largest absolute Gasteiger partial charge is 0.508 e. The van der Waals surface area contributed by atoms with Crippen LogP contribution in [0.25, 0.3) is 11.1 Å². The van der Waals surface area contributed by atoms with Gasteiger partial charge >= 0.3 is 0 Å². The lowest BCUT2D eigenvalue weighted by Gasteiger charge is -2.34. The Labute approximate surface area is 117 Å². The standard InChI is InChI=1S/C16H14ClNO/c17-13-3-1-2-9-7-14-16-10(4-5-18-14)6-11(19)8-12(16)15(9)13/h1-3,6,8,14,18-19H,4-5,7H2. The highest BCUT2D eigenvalue weighted by Gasteiger charge is 2.30. The fourth-order valence-corrected chi connectivity index (χ4v) is 3.74. The molecule has 2 aliphatic rings. The molecule has 0 aromatic heterocycles. The van der Waals surface area contributed by atoms with E-state index in [1.807, 2.05) is 24.3 Å². The molecule has 1 unspecified atom stereocenters. The van der Waals surface area contributed by atoms with Crippen molar-refractivity contribution in [2.75, 3.05) is 6.54 Å². The maximum absolute atomic E-state index is 9.96. The molecule has 0 spiro atoms. The number of nitrogens with one attached hydrogen (secondary N) is 1. The van der Waals surface area contributed by atoms with Crippen molar-refractivity contribution in [3.63, 3.8) is 0 Å². The van der Waals surface area contributed by atoms with E-state index in [9.17, 15) is 5.11 Å². The minimum Gasteiger partial charge on any atom is -0.508 e. The molecule has 0 fully saturated rings. The van der Waals surface area contributed by atoms with Gasteiger partial charge in [0.05, 0.1) is 0 Å². The van der Waals surface area contributed by atoms with Gasteiger partial charge in [0.15, 0.2) is 0 Å². The zero-order chi connectivity index (χ0) is 13.0. The molecule has 1 aliphatic heterocycles. The number of hydrogen-bond acceptors (Lipinski definition) is 2. The van der Waals surface area contributed by atoms with E-state index < -0.39 is 0 Å². The average molecular weight is 272 g/mol. The zero-order valence-corrected chi connectivity index (χ0v) is 11.2. The van der Waals surface area contributed by atoms with Crippen molar-refractivity contribution < 1.29 is 5.11 Å². The number of halogens is 1. The van der Waals surface area contributed by atoms with E-state index in [0.29, 0.717) is 11.8 Å². The Morgan fingerprint density at radius 1 is 1.21 bits per heavy atom. The van der Waals surface area contributed by atoms with E-state index in [-0.39, 0.29) is 0 Å². The van der Waals surface area contributed by atoms with Gasteiger partial charge in [-0.3, -0.25) is 0 Å². The molecule has 2 N–H and O–H groups in total. The van der Waals surface area contributed by atoms with Gasteiger partial charge in [-0.1, -0.05) is 23.7 Å². The van der Waals surface area contributed by atoms with Crippen LogP contribution in [0.15, 0.2) is 30.3 Å². The zero-order valence-electron chi connectivity index (χ0n) is 10.4. The molecule has 1 atom stereocenters. The summed E-state index contributed by atoms with van der Waals surface area (Å²) in [5, 5.41) is 14.3. The Kier molecular flexibility index (Phi) is 2.38. The topological polar surface area (TPSA) is 32.3 Å². The summed E-state index contributed by atoms with van der Waals surface area (Å²) in [6, 6.07) is 10.2. The number of fused-ring (bicyclic) bond motifs is 2. The first-order valence-electron chi connectivity index (χ1n) is 6.61. The van der Waals surface area contributed by atoms with Gasteiger partial charge < -0.3 is 10.4 Å². The Morgan fingerprint density at radius 2 is 2.11 bits per heavy atom. The van der Waals surface area contributed by atoms with Gasteiger partial charge in [0.1, 0.15) is 5.75 Å². The summed E-state index contributed by atoms with van der Waals surface area (Å²) in [4.78, 5) is 0. The third kappa shape index (κ3) is 1.60. The lowest BCUT2D eigenvalue weighted by molar-refractivity contribution is 0.466. The lowest BCUT2D eigenvalue weighted by atomic mass is 9.78. The summed E-state index contributed by atoms with van der Waals surface area (Å²) in [5.74, 6) is 0.335. The number of hydrogen-bond donors (Lipinski definition) is 2. The first-order valence-corrected chi connectivity index (χ1v) is 6.99. The number of benzene rings is 2. The molecule has 1 heterocycles. The summed E-state index contributed by atoms with van der Waals surface area (Å²) in [6.07, 6.45) is 1.94. The van der Waals surface area contributed by atoms with Gasteiger partial charge in [0.25, 0.3) is 0 Å². The fourth-order valence-electron chi connectivity index (χ4n) is 3.44. The monoisotopic (exact) mass is 271 g/mol. The highest BCUT2D eigenvalue weighted by Crippen LogP contribution is 2.46. The predicted octanol–water partition coefficient (Wildman–Crippen LogP) is 3.46. The average Bonchev–Trinajstić information content (AvgIpc) is 2.38. The lowest BCUT2D eigenvalue weighted by Crippen LogP contribution is -2.33. The molecule has 2 aromatic carbocycles. The van der Waals surface area contributed by atoms with Crippen molar-refractivity contribution in [3.8, 4) is 16.9 Å². The molecule has 1 aliphatic carbocycles. The van der Waals surface area contributed by atoms with Crippen molar-refractivity contribution in [2.24, 2.45) is 0 Å². The second-order valence-electron chi connectivity index (χ2n) is 5.30. The maximum atomic E-state index is 9.96. The summed E-state index contributed by atoms with van der Waals surface area (Å²) in [5.41, 5.74) is 6.03. The molecular formula is C16H14ClNO. The van der Waals surface area contributed by atoms with Gasteiger partial charge in [0, 0.05) is 16.6 Å². The highest BCUT2D eigenvalue weighted by molar-refractivity contribution is 6.33. The minimum atomic E-state index is 0.335. The first kappa shape index (κ1) is 11.3. The van der Waals surface area contributed by atoms with Crippen molar-refractivity contribution in [1.29, 1.82) is 0 Å². The molecule has 0 saturated heterocycles. The van der Waals surface area contributed by atoms with Crippen LogP contribution in [0.5, 0.6) is 5.75 Å². The predicted molar refractivity (Wildman–Crippen MR) is 76.7 cm³/mol. The van der Waals surface area contributed by atoms with Crippen LogP contribution in [-0.4, -0.2) is 11.7 Å². The molecule has 3 heteroatoms. The van der Waals surface area contributed by atoms with E-state index in [4.69, 9.17) is 11.6 Å². The normalized spacial score (nSPS) is 19.7. The second kappa shape index (κ2) is 3.99. The van der Waals surface area contributed by atoms with Crippen molar-refractivity contribution >= 4 is 11.6 Å². The van der Waals surface area contributed by atoms with Gasteiger partial charge in [-0.2, -0.15) is 0 Å². The van der Waals surface area contributed by atoms with E-state index >= 15 is 0 Å². The van der Waals surface area contributed by atoms with Gasteiger partial charge in [-0.15, -0.1) is 0 Å². The summed E-state index contributed by atoms with van der Waals surface area (Å²) >= 11 is 6.38. The van der Waals surface area contributed by atoms with Crippen LogP contribution in [-0.2, 0) is 12.8 Å². The molecule has 2 nitrogen and oxygen atoms in total. The molecular weight excluding hydrogens is 258 g/mol. The van der Waals surface area contributed by atoms with Gasteiger partial charge in [-0.25, -0.2) is 0 Å². The Bertz CT molecular complexity index is 681. The minimum absolute atomic E-state index is 0.335. The fraction of sp³-hybridized carbons (Fsp3) is 0.250. The van der Waals surface area contributed by atoms with E-state index in [1.54, 1.807) is 0 Å². The third-order valence-electron chi connectivity index (χ3n) is 4.18. The number of phenols is 1. The number of rotatable bonds is 0. The maximum Gasteiger partial charge on any atom is 0.116 e. The SMILES string of the molecule is Oc1cc2c3c(c1)-c1c(Cl)cccc1CC3NCC2. The summed E-state index contributed by atoms with van der Waals surface area (Å²) < 4.78 is 0. The van der Waals surface area contributed by atoms with Gasteiger partial charge in [0.2, 0.25) is 0 Å². The molecule has 96 valence electrons. The van der Waals surface area contributed by atoms with Crippen LogP contribution in [0.4, 0.5) is 0 Å². The van der Waals surface area contributed by atoms with Crippen molar-refractivity contribution in [3.05, 3.63) is 52.0 Å². The van der Waals surface area contributed by atoms with Crippen molar-refractivity contribution in [2.45, 2.75) is 18.9 Å². The number of aromatic hydroxyl groups is 1. The van der Waals surface area contributed by atoms with E-state index in [0.717, 1.165) is 35.5 Å². The Hall–Kier alpha value is -1.51. The van der Waals surface area contributed by atoms with Gasteiger partial charge in [-0.05, 0) is 59.8 Å². The number of phenolic OH excluding ortho intramolecular Hbond substituents is 1. The molecule has 0 radical (unpaired) electrons. The molecule has 2 aromatic rings. The molecule has 0 saturated carbocycles. The molecule has 0 bridgehead atoms. The summed E-state index contributed by atoms with van der Waals surface area (Å²) in [7, 11) is 0. The smallest absolute Gasteiger partial charge is 0.116 e. The van der Waals surface area contributed by atoms with Crippen LogP contribution < -0.4 is 5.32 Å². The summed E-state index contributed by atoms with van der Waals surface area (Å²) in [6.45, 7) is 0.969. The van der Waals surface area contributed by atoms with Crippen LogP contribution >= 0.6 is 11.6 Å². The van der Waals surface area contributed by atoms with Crippen LogP contribution in [0, 0.1) is 0 Å². The van der Waals surface area contributed by atoms with Crippen LogP contribution in [0.3, 0.4) is 0 Å². The molecule has 4 rings (SSSR count). The molecule has 19 heavy (non-hydrogen) atoms. The van der Waals surface area contributed by atoms with Crippen molar-refractivity contribution in [1.82, 2.24) is 5.32 Å². The highest BCUT2D eigenvalue weighted by atomic mass is 35.5. The van der Waals surface area contributed by atoms with Crippen LogP contribution in [0.1, 0.15) is 22.7 Å². The Balaban J connectivity index is 2.08. The van der Waals surface area contributed by atoms with E-state index in [1.165, 1.54) is 16.7 Å². The quantitative estimate of drug-likeness (QED) is 0.769. The Morgan fingerprint density at radius 3 is 3.00 bits per heavy atom. The van der Waals surface area contributed by atoms with E-state index in [2.05, 4.69) is 11.4 Å². The molecule has 0 amide bonds. The van der Waals surface area contributed by atoms with Crippen LogP contribution in [0.2, 0.25) is 5.02 Å².